The molecule has 2 nitrogen and oxygen atoms in total. The summed E-state index contributed by atoms with van der Waals surface area (Å²) in [6, 6.07) is 0. The van der Waals surface area contributed by atoms with Crippen molar-refractivity contribution in [3.8, 4) is 0 Å². The van der Waals surface area contributed by atoms with E-state index in [9.17, 15) is 0 Å². The van der Waals surface area contributed by atoms with Gasteiger partial charge in [-0.25, -0.2) is 0 Å². The highest BCUT2D eigenvalue weighted by Gasteiger charge is 2.21. The fourth-order valence-electron chi connectivity index (χ4n) is 2.10. The number of allylic oxidation sites excluding steroid dienone is 3. The van der Waals surface area contributed by atoms with Crippen molar-refractivity contribution in [2.45, 2.75) is 19.8 Å². The van der Waals surface area contributed by atoms with Crippen LogP contribution in [0.3, 0.4) is 0 Å². The molecule has 0 atom stereocenters. The van der Waals surface area contributed by atoms with Gasteiger partial charge >= 0.3 is 0 Å². The van der Waals surface area contributed by atoms with Crippen molar-refractivity contribution >= 4 is 0 Å². The topological polar surface area (TPSA) is 6.48 Å². The zero-order valence-corrected chi connectivity index (χ0v) is 8.80. The normalized spacial score (nSPS) is 23.2. The van der Waals surface area contributed by atoms with Crippen LogP contribution in [0.25, 0.3) is 0 Å². The van der Waals surface area contributed by atoms with Crippen molar-refractivity contribution in [2.75, 3.05) is 27.2 Å². The highest BCUT2D eigenvalue weighted by molar-refractivity contribution is 5.32. The van der Waals surface area contributed by atoms with Gasteiger partial charge in [0.15, 0.2) is 0 Å². The van der Waals surface area contributed by atoms with Crippen LogP contribution in [0.15, 0.2) is 23.0 Å². The largest absolute Gasteiger partial charge is 0.374 e. The van der Waals surface area contributed by atoms with E-state index in [1.807, 2.05) is 0 Å². The monoisotopic (exact) mass is 178 g/mol. The van der Waals surface area contributed by atoms with Crippen LogP contribution in [0.5, 0.6) is 0 Å². The van der Waals surface area contributed by atoms with Crippen LogP contribution in [0.1, 0.15) is 19.8 Å². The molecule has 0 saturated heterocycles. The molecular formula is C11H18N2. The molecule has 2 heteroatoms. The van der Waals surface area contributed by atoms with Crippen LogP contribution in [-0.4, -0.2) is 37.0 Å². The first-order valence-corrected chi connectivity index (χ1v) is 5.01. The van der Waals surface area contributed by atoms with Gasteiger partial charge in [0.05, 0.1) is 5.70 Å². The van der Waals surface area contributed by atoms with E-state index in [1.54, 1.807) is 0 Å². The van der Waals surface area contributed by atoms with E-state index in [2.05, 4.69) is 36.9 Å². The summed E-state index contributed by atoms with van der Waals surface area (Å²) in [6.45, 7) is 4.55. The Hall–Kier alpha value is -0.920. The first-order chi connectivity index (χ1) is 6.18. The predicted octanol–water partition coefficient (Wildman–Crippen LogP) is 1.82. The lowest BCUT2D eigenvalue weighted by molar-refractivity contribution is 0.272. The maximum atomic E-state index is 2.40. The maximum Gasteiger partial charge on any atom is 0.0558 e. The third-order valence-corrected chi connectivity index (χ3v) is 3.08. The second-order valence-corrected chi connectivity index (χ2v) is 4.17. The summed E-state index contributed by atoms with van der Waals surface area (Å²) in [6.07, 6.45) is 4.80. The Morgan fingerprint density at radius 1 is 1.08 bits per heavy atom. The Balaban J connectivity index is 2.36. The lowest BCUT2D eigenvalue weighted by Gasteiger charge is -2.38. The van der Waals surface area contributed by atoms with Crippen LogP contribution in [0, 0.1) is 0 Å². The number of likely N-dealkylation sites (N-methyl/N-ethyl adjacent to an activating group) is 2. The van der Waals surface area contributed by atoms with E-state index in [-0.39, 0.29) is 0 Å². The fraction of sp³-hybridized carbons (Fsp3) is 0.636. The molecule has 0 fully saturated rings. The van der Waals surface area contributed by atoms with Gasteiger partial charge in [-0.2, -0.15) is 0 Å². The smallest absolute Gasteiger partial charge is 0.0558 e. The molecule has 0 N–H and O–H groups in total. The van der Waals surface area contributed by atoms with Gasteiger partial charge in [-0.3, -0.25) is 0 Å². The van der Waals surface area contributed by atoms with Gasteiger partial charge in [-0.1, -0.05) is 5.57 Å². The Morgan fingerprint density at radius 2 is 1.77 bits per heavy atom. The van der Waals surface area contributed by atoms with Gasteiger partial charge in [-0.15, -0.1) is 0 Å². The molecule has 1 heterocycles. The van der Waals surface area contributed by atoms with Crippen molar-refractivity contribution in [1.29, 1.82) is 0 Å². The molecule has 0 aromatic carbocycles. The van der Waals surface area contributed by atoms with E-state index in [0.29, 0.717) is 0 Å². The molecule has 0 aromatic heterocycles. The Morgan fingerprint density at radius 3 is 2.54 bits per heavy atom. The molecule has 72 valence electrons. The van der Waals surface area contributed by atoms with Gasteiger partial charge < -0.3 is 9.80 Å². The third kappa shape index (κ3) is 1.45. The first kappa shape index (κ1) is 8.67. The van der Waals surface area contributed by atoms with E-state index >= 15 is 0 Å². The Kier molecular flexibility index (Phi) is 2.06. The molecular weight excluding hydrogens is 160 g/mol. The van der Waals surface area contributed by atoms with Gasteiger partial charge in [0.25, 0.3) is 0 Å². The minimum absolute atomic E-state index is 1.15. The van der Waals surface area contributed by atoms with E-state index in [1.165, 1.54) is 36.4 Å². The van der Waals surface area contributed by atoms with E-state index in [4.69, 9.17) is 0 Å². The predicted molar refractivity (Wildman–Crippen MR) is 55.3 cm³/mol. The van der Waals surface area contributed by atoms with Crippen LogP contribution >= 0.6 is 0 Å². The standard InChI is InChI=1S/C11H18N2/c1-9-4-5-10-11(8-9)13(3)7-6-12(10)2/h8H,4-7H2,1-3H3. The average Bonchev–Trinajstić information content (AvgIpc) is 2.12. The summed E-state index contributed by atoms with van der Waals surface area (Å²) in [5, 5.41) is 0. The molecule has 1 aliphatic heterocycles. The lowest BCUT2D eigenvalue weighted by atomic mass is 9.99. The molecule has 0 unspecified atom stereocenters. The summed E-state index contributed by atoms with van der Waals surface area (Å²) < 4.78 is 0. The molecule has 0 aromatic rings. The van der Waals surface area contributed by atoms with Gasteiger partial charge in [-0.05, 0) is 25.8 Å². The summed E-state index contributed by atoms with van der Waals surface area (Å²) >= 11 is 0. The maximum absolute atomic E-state index is 2.40. The Labute approximate surface area is 80.5 Å². The summed E-state index contributed by atoms with van der Waals surface area (Å²) in [7, 11) is 4.40. The summed E-state index contributed by atoms with van der Waals surface area (Å²) in [4.78, 5) is 4.77. The molecule has 0 bridgehead atoms. The number of nitrogens with zero attached hydrogens (tertiary/aromatic N) is 2. The van der Waals surface area contributed by atoms with Crippen molar-refractivity contribution in [3.63, 3.8) is 0 Å². The highest BCUT2D eigenvalue weighted by Crippen LogP contribution is 2.29. The Bertz CT molecular complexity index is 276. The molecule has 0 spiro atoms. The van der Waals surface area contributed by atoms with Crippen LogP contribution in [-0.2, 0) is 0 Å². The summed E-state index contributed by atoms with van der Waals surface area (Å²) in [5.41, 5.74) is 4.48. The number of rotatable bonds is 0. The minimum Gasteiger partial charge on any atom is -0.374 e. The summed E-state index contributed by atoms with van der Waals surface area (Å²) in [5.74, 6) is 0. The van der Waals surface area contributed by atoms with Crippen molar-refractivity contribution in [2.24, 2.45) is 0 Å². The number of hydrogen-bond acceptors (Lipinski definition) is 2. The third-order valence-electron chi connectivity index (χ3n) is 3.08. The van der Waals surface area contributed by atoms with Gasteiger partial charge in [0.1, 0.15) is 0 Å². The first-order valence-electron chi connectivity index (χ1n) is 5.01. The number of hydrogen-bond donors (Lipinski definition) is 0. The average molecular weight is 178 g/mol. The van der Waals surface area contributed by atoms with Crippen molar-refractivity contribution in [1.82, 2.24) is 9.80 Å². The molecule has 0 radical (unpaired) electrons. The zero-order valence-electron chi connectivity index (χ0n) is 8.80. The van der Waals surface area contributed by atoms with Crippen LogP contribution < -0.4 is 0 Å². The zero-order chi connectivity index (χ0) is 9.42. The van der Waals surface area contributed by atoms with Crippen LogP contribution in [0.2, 0.25) is 0 Å². The fourth-order valence-corrected chi connectivity index (χ4v) is 2.10. The molecule has 13 heavy (non-hydrogen) atoms. The minimum atomic E-state index is 1.15. The SMILES string of the molecule is CC1=CC2=C(CC1)N(C)CCN2C. The molecule has 2 aliphatic rings. The van der Waals surface area contributed by atoms with Gasteiger partial charge in [0.2, 0.25) is 0 Å². The molecule has 2 rings (SSSR count). The second kappa shape index (κ2) is 3.09. The van der Waals surface area contributed by atoms with Gasteiger partial charge in [0, 0.05) is 32.9 Å². The van der Waals surface area contributed by atoms with E-state index in [0.717, 1.165) is 6.54 Å². The van der Waals surface area contributed by atoms with Crippen LogP contribution in [0.4, 0.5) is 0 Å². The quantitative estimate of drug-likeness (QED) is 0.558. The van der Waals surface area contributed by atoms with E-state index < -0.39 is 0 Å². The molecule has 0 amide bonds. The van der Waals surface area contributed by atoms with Crippen molar-refractivity contribution < 1.29 is 0 Å². The highest BCUT2D eigenvalue weighted by atomic mass is 15.2. The molecule has 0 saturated carbocycles. The van der Waals surface area contributed by atoms with Crippen molar-refractivity contribution in [3.05, 3.63) is 23.0 Å². The lowest BCUT2D eigenvalue weighted by Crippen LogP contribution is -2.38. The second-order valence-electron chi connectivity index (χ2n) is 4.17. The molecule has 1 aliphatic carbocycles.